The van der Waals surface area contributed by atoms with E-state index in [1.807, 2.05) is 0 Å². The summed E-state index contributed by atoms with van der Waals surface area (Å²) in [4.78, 5) is 27.5. The first-order valence-electron chi connectivity index (χ1n) is 3.84. The molecule has 14 heavy (non-hydrogen) atoms. The van der Waals surface area contributed by atoms with Crippen LogP contribution >= 0.6 is 0 Å². The lowest BCUT2D eigenvalue weighted by Gasteiger charge is -1.99. The topological polar surface area (TPSA) is 129 Å². The number of hydrogen-bond acceptors (Lipinski definition) is 6. The summed E-state index contributed by atoms with van der Waals surface area (Å²) < 4.78 is 0. The number of unbranched alkanes of at least 4 members (excludes halogenated alkanes) is 1. The summed E-state index contributed by atoms with van der Waals surface area (Å²) in [5, 5.41) is 30.0. The van der Waals surface area contributed by atoms with Crippen molar-refractivity contribution in [1.29, 1.82) is 0 Å². The lowest BCUT2D eigenvalue weighted by molar-refractivity contribution is -0.743. The SMILES string of the molecule is O=[N+]([O-])CCCCC([N+](=O)[O-])[N+](=O)[O-]. The van der Waals surface area contributed by atoms with Crippen LogP contribution in [0.15, 0.2) is 0 Å². The molecule has 9 nitrogen and oxygen atoms in total. The van der Waals surface area contributed by atoms with E-state index in [4.69, 9.17) is 0 Å². The van der Waals surface area contributed by atoms with Crippen LogP contribution in [0.3, 0.4) is 0 Å². The number of nitro groups is 3. The van der Waals surface area contributed by atoms with Crippen LogP contribution in [0.5, 0.6) is 0 Å². The molecular weight excluding hydrogens is 198 g/mol. The molecule has 0 bridgehead atoms. The summed E-state index contributed by atoms with van der Waals surface area (Å²) in [5.74, 6) is 0. The molecule has 0 radical (unpaired) electrons. The molecule has 9 heteroatoms. The Kier molecular flexibility index (Phi) is 5.04. The van der Waals surface area contributed by atoms with Gasteiger partial charge in [0.2, 0.25) is 6.54 Å². The van der Waals surface area contributed by atoms with Crippen LogP contribution in [-0.4, -0.2) is 27.5 Å². The van der Waals surface area contributed by atoms with E-state index < -0.39 is 20.9 Å². The van der Waals surface area contributed by atoms with Crippen molar-refractivity contribution in [1.82, 2.24) is 0 Å². The van der Waals surface area contributed by atoms with Crippen molar-refractivity contribution in [3.05, 3.63) is 30.3 Å². The Bertz CT molecular complexity index is 228. The van der Waals surface area contributed by atoms with E-state index in [-0.39, 0.29) is 25.8 Å². The zero-order valence-electron chi connectivity index (χ0n) is 7.20. The molecule has 0 aliphatic rings. The molecule has 0 unspecified atom stereocenters. The van der Waals surface area contributed by atoms with E-state index in [2.05, 4.69) is 0 Å². The average molecular weight is 207 g/mol. The van der Waals surface area contributed by atoms with Crippen molar-refractivity contribution in [3.8, 4) is 0 Å². The Morgan fingerprint density at radius 1 is 0.929 bits per heavy atom. The first-order valence-corrected chi connectivity index (χ1v) is 3.84. The molecule has 0 aromatic carbocycles. The molecule has 0 aromatic heterocycles. The summed E-state index contributed by atoms with van der Waals surface area (Å²) in [7, 11) is 0. The van der Waals surface area contributed by atoms with E-state index >= 15 is 0 Å². The van der Waals surface area contributed by atoms with Gasteiger partial charge in [0, 0.05) is 11.3 Å². The first kappa shape index (κ1) is 12.2. The van der Waals surface area contributed by atoms with Gasteiger partial charge in [-0.3, -0.25) is 30.3 Å². The monoisotopic (exact) mass is 207 g/mol. The van der Waals surface area contributed by atoms with Crippen LogP contribution in [0.1, 0.15) is 19.3 Å². The summed E-state index contributed by atoms with van der Waals surface area (Å²) in [6.45, 7) is -0.317. The van der Waals surface area contributed by atoms with Gasteiger partial charge in [-0.2, -0.15) is 0 Å². The van der Waals surface area contributed by atoms with E-state index in [9.17, 15) is 30.3 Å². The minimum Gasteiger partial charge on any atom is -0.265 e. The number of nitrogens with zero attached hydrogens (tertiary/aromatic N) is 3. The van der Waals surface area contributed by atoms with Gasteiger partial charge in [-0.25, -0.2) is 0 Å². The molecular formula is C5H9N3O6. The van der Waals surface area contributed by atoms with Gasteiger partial charge in [-0.1, -0.05) is 0 Å². The third-order valence-corrected chi connectivity index (χ3v) is 1.54. The fraction of sp³-hybridized carbons (Fsp3) is 1.00. The van der Waals surface area contributed by atoms with Crippen LogP contribution in [0.2, 0.25) is 0 Å². The van der Waals surface area contributed by atoms with Crippen LogP contribution in [0.25, 0.3) is 0 Å². The Balaban J connectivity index is 3.78. The fourth-order valence-electron chi connectivity index (χ4n) is 0.856. The predicted molar refractivity (Wildman–Crippen MR) is 43.5 cm³/mol. The van der Waals surface area contributed by atoms with Crippen LogP contribution in [0, 0.1) is 30.3 Å². The highest BCUT2D eigenvalue weighted by atomic mass is 16.7. The standard InChI is InChI=1S/C5H9N3O6/c9-6(10)4-2-1-3-5(7(11)12)8(13)14/h5H,1-4H2. The quantitative estimate of drug-likeness (QED) is 0.255. The molecule has 0 rings (SSSR count). The van der Waals surface area contributed by atoms with Gasteiger partial charge in [-0.15, -0.1) is 0 Å². The van der Waals surface area contributed by atoms with E-state index in [1.54, 1.807) is 0 Å². The Labute approximate surface area is 78.2 Å². The molecule has 0 saturated carbocycles. The number of hydrogen-bond donors (Lipinski definition) is 0. The smallest absolute Gasteiger partial charge is 0.265 e. The third kappa shape index (κ3) is 4.95. The van der Waals surface area contributed by atoms with Gasteiger partial charge < -0.3 is 0 Å². The van der Waals surface area contributed by atoms with Crippen molar-refractivity contribution in [2.45, 2.75) is 25.4 Å². The van der Waals surface area contributed by atoms with Crippen molar-refractivity contribution in [2.24, 2.45) is 0 Å². The maximum absolute atomic E-state index is 10.1. The molecule has 0 aliphatic carbocycles. The normalized spacial score (nSPS) is 10.1. The minimum atomic E-state index is -1.85. The first-order chi connectivity index (χ1) is 6.45. The molecule has 0 heterocycles. The maximum atomic E-state index is 10.1. The zero-order valence-corrected chi connectivity index (χ0v) is 7.20. The van der Waals surface area contributed by atoms with E-state index in [0.717, 1.165) is 0 Å². The summed E-state index contributed by atoms with van der Waals surface area (Å²) in [6, 6.07) is 0. The van der Waals surface area contributed by atoms with Crippen molar-refractivity contribution < 1.29 is 14.8 Å². The second-order valence-corrected chi connectivity index (χ2v) is 2.60. The van der Waals surface area contributed by atoms with Gasteiger partial charge in [0.25, 0.3) is 0 Å². The number of rotatable bonds is 7. The second-order valence-electron chi connectivity index (χ2n) is 2.60. The van der Waals surface area contributed by atoms with Gasteiger partial charge in [0.1, 0.15) is 0 Å². The van der Waals surface area contributed by atoms with Crippen molar-refractivity contribution >= 4 is 0 Å². The lowest BCUT2D eigenvalue weighted by Crippen LogP contribution is -2.28. The van der Waals surface area contributed by atoms with Gasteiger partial charge in [0.15, 0.2) is 0 Å². The minimum absolute atomic E-state index is 0.105. The van der Waals surface area contributed by atoms with Crippen molar-refractivity contribution in [3.63, 3.8) is 0 Å². The molecule has 0 amide bonds. The summed E-state index contributed by atoms with van der Waals surface area (Å²) in [6.07, 6.45) is -1.89. The molecule has 0 aromatic rings. The molecule has 0 atom stereocenters. The van der Waals surface area contributed by atoms with E-state index in [1.165, 1.54) is 0 Å². The molecule has 0 saturated heterocycles. The highest BCUT2D eigenvalue weighted by molar-refractivity contribution is 4.44. The van der Waals surface area contributed by atoms with Gasteiger partial charge in [0.05, 0.1) is 16.3 Å². The van der Waals surface area contributed by atoms with Gasteiger partial charge >= 0.3 is 6.17 Å². The molecule has 0 aliphatic heterocycles. The van der Waals surface area contributed by atoms with Crippen LogP contribution in [-0.2, 0) is 0 Å². The maximum Gasteiger partial charge on any atom is 0.450 e. The predicted octanol–water partition coefficient (Wildman–Crippen LogP) is 0.313. The summed E-state index contributed by atoms with van der Waals surface area (Å²) >= 11 is 0. The molecule has 0 fully saturated rings. The largest absolute Gasteiger partial charge is 0.450 e. The summed E-state index contributed by atoms with van der Waals surface area (Å²) in [5.41, 5.74) is 0. The molecule has 80 valence electrons. The van der Waals surface area contributed by atoms with Crippen LogP contribution < -0.4 is 0 Å². The zero-order chi connectivity index (χ0) is 11.1. The van der Waals surface area contributed by atoms with Crippen LogP contribution in [0.4, 0.5) is 0 Å². The fourth-order valence-corrected chi connectivity index (χ4v) is 0.856. The lowest BCUT2D eigenvalue weighted by atomic mass is 10.2. The second kappa shape index (κ2) is 5.78. The van der Waals surface area contributed by atoms with Crippen molar-refractivity contribution in [2.75, 3.05) is 6.54 Å². The Hall–Kier alpha value is -1.80. The molecule has 0 spiro atoms. The average Bonchev–Trinajstić information content (AvgIpc) is 2.01. The highest BCUT2D eigenvalue weighted by Crippen LogP contribution is 2.04. The van der Waals surface area contributed by atoms with Gasteiger partial charge in [-0.05, 0) is 6.42 Å². The third-order valence-electron chi connectivity index (χ3n) is 1.54. The molecule has 0 N–H and O–H groups in total. The van der Waals surface area contributed by atoms with E-state index in [0.29, 0.717) is 0 Å². The highest BCUT2D eigenvalue weighted by Gasteiger charge is 2.30. The Morgan fingerprint density at radius 3 is 1.79 bits per heavy atom. The Morgan fingerprint density at radius 2 is 1.43 bits per heavy atom.